The third-order valence-corrected chi connectivity index (χ3v) is 2.78. The van der Waals surface area contributed by atoms with Crippen LogP contribution in [0.4, 0.5) is 0 Å². The second-order valence-electron chi connectivity index (χ2n) is 4.00. The van der Waals surface area contributed by atoms with Crippen molar-refractivity contribution in [2.75, 3.05) is 0 Å². The molecule has 2 heterocycles. The van der Waals surface area contributed by atoms with Gasteiger partial charge in [-0.1, -0.05) is 5.98 Å². The highest BCUT2D eigenvalue weighted by molar-refractivity contribution is 6.60. The lowest BCUT2D eigenvalue weighted by atomic mass is 9.58. The van der Waals surface area contributed by atoms with Crippen LogP contribution in [0.2, 0.25) is 0 Å². The molecule has 2 aliphatic rings. The fourth-order valence-electron chi connectivity index (χ4n) is 2.16. The Balaban J connectivity index is 1.93. The van der Waals surface area contributed by atoms with Crippen molar-refractivity contribution in [1.82, 2.24) is 5.32 Å². The summed E-state index contributed by atoms with van der Waals surface area (Å²) in [6.45, 7) is 2.08. The van der Waals surface area contributed by atoms with Crippen LogP contribution in [-0.2, 0) is 9.45 Å². The van der Waals surface area contributed by atoms with Gasteiger partial charge < -0.3 is 15.1 Å². The van der Waals surface area contributed by atoms with Crippen LogP contribution in [0, 0.1) is 0 Å². The predicted molar refractivity (Wildman–Crippen MR) is 52.8 cm³/mol. The van der Waals surface area contributed by atoms with Crippen molar-refractivity contribution in [3.63, 3.8) is 0 Å². The molecule has 2 aliphatic heterocycles. The second kappa shape index (κ2) is 3.65. The number of allylic oxidation sites excluding steroid dienone is 1. The van der Waals surface area contributed by atoms with Crippen LogP contribution in [0.3, 0.4) is 0 Å². The molecule has 0 radical (unpaired) electrons. The molecule has 0 amide bonds. The molecule has 1 fully saturated rings. The molecule has 0 bridgehead atoms. The standard InChI is InChI=1S/C9H14BNO3/c1-6-5-10-8(11-6)3-2-7(14-10)4-9(12)13/h5,7-8,11H,2-4H2,1H3,(H,12,13). The SMILES string of the molecule is CC1=CB2OC(CC(=O)O)CCC2N1. The van der Waals surface area contributed by atoms with E-state index in [1.54, 1.807) is 0 Å². The average molecular weight is 195 g/mol. The molecule has 2 rings (SSSR count). The number of aliphatic carboxylic acids is 1. The van der Waals surface area contributed by atoms with Crippen LogP contribution < -0.4 is 5.32 Å². The van der Waals surface area contributed by atoms with Gasteiger partial charge in [-0.25, -0.2) is 0 Å². The summed E-state index contributed by atoms with van der Waals surface area (Å²) in [6, 6.07) is 0. The lowest BCUT2D eigenvalue weighted by molar-refractivity contribution is -0.139. The maximum atomic E-state index is 10.5. The molecule has 0 saturated carbocycles. The van der Waals surface area contributed by atoms with Crippen molar-refractivity contribution in [1.29, 1.82) is 0 Å². The summed E-state index contributed by atoms with van der Waals surface area (Å²) in [4.78, 5) is 10.5. The van der Waals surface area contributed by atoms with Crippen molar-refractivity contribution in [2.24, 2.45) is 0 Å². The largest absolute Gasteiger partial charge is 0.481 e. The highest BCUT2D eigenvalue weighted by Gasteiger charge is 2.37. The third kappa shape index (κ3) is 1.92. The van der Waals surface area contributed by atoms with Gasteiger partial charge in [0, 0.05) is 5.94 Å². The minimum absolute atomic E-state index is 0.0769. The van der Waals surface area contributed by atoms with Gasteiger partial charge in [-0.15, -0.1) is 0 Å². The normalized spacial score (nSPS) is 30.6. The summed E-state index contributed by atoms with van der Waals surface area (Å²) in [5.74, 6) is 1.62. The van der Waals surface area contributed by atoms with Crippen LogP contribution in [0.25, 0.3) is 0 Å². The van der Waals surface area contributed by atoms with E-state index in [1.165, 1.54) is 0 Å². The van der Waals surface area contributed by atoms with Crippen molar-refractivity contribution < 1.29 is 14.6 Å². The number of hydrogen-bond donors (Lipinski definition) is 2. The summed E-state index contributed by atoms with van der Waals surface area (Å²) in [7, 11) is 0. The maximum Gasteiger partial charge on any atom is 0.344 e. The van der Waals surface area contributed by atoms with Crippen molar-refractivity contribution in [2.45, 2.75) is 38.2 Å². The summed E-state index contributed by atoms with van der Waals surface area (Å²) in [5, 5.41) is 12.0. The maximum absolute atomic E-state index is 10.5. The molecule has 0 aliphatic carbocycles. The van der Waals surface area contributed by atoms with E-state index in [4.69, 9.17) is 9.76 Å². The zero-order valence-electron chi connectivity index (χ0n) is 8.19. The Bertz CT molecular complexity index is 279. The number of carboxylic acids is 1. The summed E-state index contributed by atoms with van der Waals surface area (Å²) >= 11 is 0. The summed E-state index contributed by atoms with van der Waals surface area (Å²) < 4.78 is 5.67. The minimum atomic E-state index is -0.778. The minimum Gasteiger partial charge on any atom is -0.481 e. The van der Waals surface area contributed by atoms with E-state index in [9.17, 15) is 4.79 Å². The molecule has 14 heavy (non-hydrogen) atoms. The molecule has 2 atom stereocenters. The molecule has 0 spiro atoms. The fraction of sp³-hybridized carbons (Fsp3) is 0.667. The number of fused-ring (bicyclic) bond motifs is 1. The van der Waals surface area contributed by atoms with Crippen LogP contribution in [0.1, 0.15) is 26.2 Å². The van der Waals surface area contributed by atoms with E-state index in [0.717, 1.165) is 18.5 Å². The van der Waals surface area contributed by atoms with Crippen LogP contribution in [0.5, 0.6) is 0 Å². The second-order valence-corrected chi connectivity index (χ2v) is 4.00. The molecule has 76 valence electrons. The van der Waals surface area contributed by atoms with E-state index < -0.39 is 5.97 Å². The molecular weight excluding hydrogens is 181 g/mol. The van der Waals surface area contributed by atoms with Gasteiger partial charge in [0.05, 0.1) is 12.5 Å². The van der Waals surface area contributed by atoms with Gasteiger partial charge in [0.1, 0.15) is 0 Å². The molecule has 4 nitrogen and oxygen atoms in total. The molecule has 0 aromatic heterocycles. The van der Waals surface area contributed by atoms with E-state index in [1.807, 2.05) is 12.9 Å². The number of rotatable bonds is 2. The Morgan fingerprint density at radius 3 is 3.29 bits per heavy atom. The number of carbonyl (C=O) groups is 1. The van der Waals surface area contributed by atoms with E-state index in [0.29, 0.717) is 5.94 Å². The van der Waals surface area contributed by atoms with Gasteiger partial charge in [0.2, 0.25) is 0 Å². The summed E-state index contributed by atoms with van der Waals surface area (Å²) in [5.41, 5.74) is 1.14. The zero-order chi connectivity index (χ0) is 10.1. The van der Waals surface area contributed by atoms with Crippen molar-refractivity contribution in [3.8, 4) is 0 Å². The van der Waals surface area contributed by atoms with Gasteiger partial charge in [-0.3, -0.25) is 4.79 Å². The molecule has 2 N–H and O–H groups in total. The smallest absolute Gasteiger partial charge is 0.344 e. The quantitative estimate of drug-likeness (QED) is 0.633. The molecule has 5 heteroatoms. The summed E-state index contributed by atoms with van der Waals surface area (Å²) in [6.07, 6.45) is 1.84. The fourth-order valence-corrected chi connectivity index (χ4v) is 2.16. The van der Waals surface area contributed by atoms with Gasteiger partial charge in [0.15, 0.2) is 0 Å². The highest BCUT2D eigenvalue weighted by atomic mass is 16.5. The zero-order valence-corrected chi connectivity index (χ0v) is 8.19. The lowest BCUT2D eigenvalue weighted by Crippen LogP contribution is -2.45. The first-order chi connectivity index (χ1) is 6.65. The Hall–Kier alpha value is -0.965. The lowest BCUT2D eigenvalue weighted by Gasteiger charge is -2.29. The molecule has 0 aromatic carbocycles. The Kier molecular flexibility index (Phi) is 2.50. The Morgan fingerprint density at radius 1 is 1.79 bits per heavy atom. The van der Waals surface area contributed by atoms with Crippen molar-refractivity contribution >= 4 is 12.9 Å². The first-order valence-electron chi connectivity index (χ1n) is 4.97. The van der Waals surface area contributed by atoms with E-state index >= 15 is 0 Å². The van der Waals surface area contributed by atoms with Gasteiger partial charge in [-0.2, -0.15) is 0 Å². The third-order valence-electron chi connectivity index (χ3n) is 2.78. The molecule has 0 aromatic rings. The van der Waals surface area contributed by atoms with Gasteiger partial charge in [-0.05, 0) is 25.5 Å². The van der Waals surface area contributed by atoms with Crippen LogP contribution in [-0.4, -0.2) is 30.0 Å². The van der Waals surface area contributed by atoms with Crippen LogP contribution >= 0.6 is 0 Å². The van der Waals surface area contributed by atoms with Crippen LogP contribution in [0.15, 0.2) is 11.7 Å². The Labute approximate surface area is 83.4 Å². The van der Waals surface area contributed by atoms with E-state index in [-0.39, 0.29) is 19.4 Å². The molecule has 1 saturated heterocycles. The number of nitrogens with one attached hydrogen (secondary N) is 1. The highest BCUT2D eigenvalue weighted by Crippen LogP contribution is 2.24. The number of carboxylic acid groups (broad SMARTS) is 1. The first kappa shape index (κ1) is 9.58. The van der Waals surface area contributed by atoms with E-state index in [2.05, 4.69) is 5.32 Å². The first-order valence-corrected chi connectivity index (χ1v) is 4.97. The monoisotopic (exact) mass is 195 g/mol. The number of hydrogen-bond acceptors (Lipinski definition) is 3. The molecular formula is C9H14BNO3. The van der Waals surface area contributed by atoms with Crippen molar-refractivity contribution in [3.05, 3.63) is 11.7 Å². The predicted octanol–water partition coefficient (Wildman–Crippen LogP) is 0.586. The Morgan fingerprint density at radius 2 is 2.57 bits per heavy atom. The van der Waals surface area contributed by atoms with Gasteiger partial charge in [0.25, 0.3) is 0 Å². The topological polar surface area (TPSA) is 58.6 Å². The average Bonchev–Trinajstić information content (AvgIpc) is 2.42. The molecule has 2 unspecified atom stereocenters. The van der Waals surface area contributed by atoms with Gasteiger partial charge >= 0.3 is 12.9 Å².